The summed E-state index contributed by atoms with van der Waals surface area (Å²) in [6, 6.07) is 0. The average molecular weight is 161 g/mol. The molecule has 3 heteroatoms. The second kappa shape index (κ2) is 4.67. The number of nitrogens with two attached hydrogens (primary N) is 1. The number of alkyl halides is 1. The van der Waals surface area contributed by atoms with Gasteiger partial charge in [-0.2, -0.15) is 0 Å². The van der Waals surface area contributed by atoms with Crippen LogP contribution >= 0.6 is 0 Å². The molecule has 1 rings (SSSR count). The van der Waals surface area contributed by atoms with Crippen LogP contribution in [-0.4, -0.2) is 26.4 Å². The molecular weight excluding hydrogens is 145 g/mol. The number of hydrogen-bond donors (Lipinski definition) is 1. The highest BCUT2D eigenvalue weighted by Crippen LogP contribution is 2.23. The van der Waals surface area contributed by atoms with Gasteiger partial charge >= 0.3 is 0 Å². The van der Waals surface area contributed by atoms with Gasteiger partial charge in [0.25, 0.3) is 0 Å². The van der Waals surface area contributed by atoms with Crippen LogP contribution in [0, 0.1) is 11.8 Å². The minimum atomic E-state index is -0.246. The van der Waals surface area contributed by atoms with Gasteiger partial charge in [0, 0.05) is 13.2 Å². The molecule has 0 saturated carbocycles. The Morgan fingerprint density at radius 1 is 1.45 bits per heavy atom. The number of hydrogen-bond acceptors (Lipinski definition) is 2. The van der Waals surface area contributed by atoms with Crippen LogP contribution in [0.25, 0.3) is 0 Å². The predicted octanol–water partition coefficient (Wildman–Crippen LogP) is 0.957. The first kappa shape index (κ1) is 8.94. The summed E-state index contributed by atoms with van der Waals surface area (Å²) in [4.78, 5) is 0. The van der Waals surface area contributed by atoms with Crippen molar-refractivity contribution >= 4 is 0 Å². The Kier molecular flexibility index (Phi) is 3.80. The summed E-state index contributed by atoms with van der Waals surface area (Å²) >= 11 is 0. The van der Waals surface area contributed by atoms with E-state index in [4.69, 9.17) is 10.5 Å². The molecule has 0 aliphatic carbocycles. The van der Waals surface area contributed by atoms with Gasteiger partial charge in [-0.3, -0.25) is 4.39 Å². The lowest BCUT2D eigenvalue weighted by atomic mass is 9.86. The van der Waals surface area contributed by atoms with Crippen LogP contribution in [0.3, 0.4) is 0 Å². The van der Waals surface area contributed by atoms with Gasteiger partial charge in [0.15, 0.2) is 0 Å². The van der Waals surface area contributed by atoms with E-state index < -0.39 is 0 Å². The SMILES string of the molecule is NCC1CCOCC1CCF. The maximum atomic E-state index is 12.0. The van der Waals surface area contributed by atoms with Gasteiger partial charge in [0.2, 0.25) is 0 Å². The van der Waals surface area contributed by atoms with Crippen LogP contribution < -0.4 is 5.73 Å². The molecule has 11 heavy (non-hydrogen) atoms. The smallest absolute Gasteiger partial charge is 0.0898 e. The van der Waals surface area contributed by atoms with Crippen molar-refractivity contribution in [2.24, 2.45) is 17.6 Å². The van der Waals surface area contributed by atoms with Crippen LogP contribution in [0.5, 0.6) is 0 Å². The Balaban J connectivity index is 2.31. The summed E-state index contributed by atoms with van der Waals surface area (Å²) in [6.07, 6.45) is 1.61. The van der Waals surface area contributed by atoms with E-state index in [0.29, 0.717) is 31.4 Å². The van der Waals surface area contributed by atoms with Crippen LogP contribution in [0.15, 0.2) is 0 Å². The van der Waals surface area contributed by atoms with Crippen LogP contribution in [-0.2, 0) is 4.74 Å². The molecular formula is C8H16FNO. The van der Waals surface area contributed by atoms with Gasteiger partial charge in [-0.1, -0.05) is 0 Å². The summed E-state index contributed by atoms with van der Waals surface area (Å²) in [5.41, 5.74) is 5.55. The first-order valence-electron chi connectivity index (χ1n) is 4.22. The number of rotatable bonds is 3. The highest BCUT2D eigenvalue weighted by molar-refractivity contribution is 4.73. The Hall–Kier alpha value is -0.150. The molecule has 1 aliphatic heterocycles. The molecule has 1 heterocycles. The van der Waals surface area contributed by atoms with Gasteiger partial charge < -0.3 is 10.5 Å². The summed E-state index contributed by atoms with van der Waals surface area (Å²) in [5, 5.41) is 0. The average Bonchev–Trinajstić information content (AvgIpc) is 2.06. The topological polar surface area (TPSA) is 35.2 Å². The van der Waals surface area contributed by atoms with E-state index in [9.17, 15) is 4.39 Å². The van der Waals surface area contributed by atoms with Crippen molar-refractivity contribution in [1.82, 2.24) is 0 Å². The van der Waals surface area contributed by atoms with Crippen molar-refractivity contribution in [3.05, 3.63) is 0 Å². The highest BCUT2D eigenvalue weighted by Gasteiger charge is 2.23. The number of ether oxygens (including phenoxy) is 1. The van der Waals surface area contributed by atoms with E-state index in [0.717, 1.165) is 13.0 Å². The monoisotopic (exact) mass is 161 g/mol. The lowest BCUT2D eigenvalue weighted by Gasteiger charge is -2.29. The largest absolute Gasteiger partial charge is 0.381 e. The molecule has 0 bridgehead atoms. The lowest BCUT2D eigenvalue weighted by Crippen LogP contribution is -2.32. The van der Waals surface area contributed by atoms with Gasteiger partial charge in [-0.25, -0.2) is 0 Å². The minimum absolute atomic E-state index is 0.246. The zero-order valence-corrected chi connectivity index (χ0v) is 6.76. The van der Waals surface area contributed by atoms with Crippen molar-refractivity contribution in [2.75, 3.05) is 26.4 Å². The first-order valence-corrected chi connectivity index (χ1v) is 4.22. The molecule has 2 unspecified atom stereocenters. The quantitative estimate of drug-likeness (QED) is 0.669. The van der Waals surface area contributed by atoms with Crippen molar-refractivity contribution in [3.63, 3.8) is 0 Å². The van der Waals surface area contributed by atoms with E-state index in [1.165, 1.54) is 0 Å². The molecule has 0 spiro atoms. The van der Waals surface area contributed by atoms with Gasteiger partial charge in [0.1, 0.15) is 0 Å². The Labute approximate surface area is 66.9 Å². The fraction of sp³-hybridized carbons (Fsp3) is 1.00. The van der Waals surface area contributed by atoms with E-state index in [2.05, 4.69) is 0 Å². The Morgan fingerprint density at radius 3 is 2.91 bits per heavy atom. The van der Waals surface area contributed by atoms with Crippen molar-refractivity contribution in [2.45, 2.75) is 12.8 Å². The van der Waals surface area contributed by atoms with E-state index in [-0.39, 0.29) is 6.67 Å². The molecule has 0 amide bonds. The summed E-state index contributed by atoms with van der Waals surface area (Å²) in [7, 11) is 0. The fourth-order valence-corrected chi connectivity index (χ4v) is 1.61. The Bertz CT molecular complexity index is 108. The summed E-state index contributed by atoms with van der Waals surface area (Å²) < 4.78 is 17.2. The Morgan fingerprint density at radius 2 is 2.27 bits per heavy atom. The molecule has 1 saturated heterocycles. The maximum Gasteiger partial charge on any atom is 0.0898 e. The summed E-state index contributed by atoms with van der Waals surface area (Å²) in [5.74, 6) is 0.846. The molecule has 0 radical (unpaired) electrons. The molecule has 1 aliphatic rings. The minimum Gasteiger partial charge on any atom is -0.381 e. The van der Waals surface area contributed by atoms with Crippen LogP contribution in [0.4, 0.5) is 4.39 Å². The third-order valence-corrected chi connectivity index (χ3v) is 2.41. The molecule has 66 valence electrons. The maximum absolute atomic E-state index is 12.0. The normalized spacial score (nSPS) is 32.2. The lowest BCUT2D eigenvalue weighted by molar-refractivity contribution is 0.0138. The van der Waals surface area contributed by atoms with E-state index in [1.807, 2.05) is 0 Å². The fourth-order valence-electron chi connectivity index (χ4n) is 1.61. The first-order chi connectivity index (χ1) is 5.38. The van der Waals surface area contributed by atoms with Gasteiger partial charge in [-0.05, 0) is 31.2 Å². The predicted molar refractivity (Wildman–Crippen MR) is 42.1 cm³/mol. The molecule has 1 fully saturated rings. The van der Waals surface area contributed by atoms with Crippen molar-refractivity contribution < 1.29 is 9.13 Å². The molecule has 0 aromatic carbocycles. The molecule has 0 aromatic rings. The highest BCUT2D eigenvalue weighted by atomic mass is 19.1. The zero-order valence-electron chi connectivity index (χ0n) is 6.76. The third kappa shape index (κ3) is 2.42. The van der Waals surface area contributed by atoms with Crippen LogP contribution in [0.2, 0.25) is 0 Å². The third-order valence-electron chi connectivity index (χ3n) is 2.41. The molecule has 0 aromatic heterocycles. The zero-order chi connectivity index (χ0) is 8.10. The van der Waals surface area contributed by atoms with Crippen molar-refractivity contribution in [1.29, 1.82) is 0 Å². The van der Waals surface area contributed by atoms with Crippen molar-refractivity contribution in [3.8, 4) is 0 Å². The van der Waals surface area contributed by atoms with E-state index in [1.54, 1.807) is 0 Å². The summed E-state index contributed by atoms with van der Waals surface area (Å²) in [6.45, 7) is 1.93. The standard InChI is InChI=1S/C8H16FNO/c9-3-1-8-6-11-4-2-7(8)5-10/h7-8H,1-6,10H2. The molecule has 2 N–H and O–H groups in total. The number of halogens is 1. The molecule has 2 atom stereocenters. The van der Waals surface area contributed by atoms with Gasteiger partial charge in [-0.15, -0.1) is 0 Å². The van der Waals surface area contributed by atoms with Gasteiger partial charge in [0.05, 0.1) is 6.67 Å². The second-order valence-electron chi connectivity index (χ2n) is 3.10. The van der Waals surface area contributed by atoms with E-state index >= 15 is 0 Å². The molecule has 2 nitrogen and oxygen atoms in total. The second-order valence-corrected chi connectivity index (χ2v) is 3.10. The van der Waals surface area contributed by atoms with Crippen LogP contribution in [0.1, 0.15) is 12.8 Å².